The predicted molar refractivity (Wildman–Crippen MR) is 106 cm³/mol. The lowest BCUT2D eigenvalue weighted by atomic mass is 10.3. The number of anilines is 1. The maximum absolute atomic E-state index is 13.0. The number of amides is 1. The predicted octanol–water partition coefficient (Wildman–Crippen LogP) is 4.49. The lowest BCUT2D eigenvalue weighted by Crippen LogP contribution is -2.20. The summed E-state index contributed by atoms with van der Waals surface area (Å²) in [4.78, 5) is 27.9. The van der Waals surface area contributed by atoms with Gasteiger partial charge in [0.2, 0.25) is 0 Å². The molecular formula is C19H17FN2O3S2. The van der Waals surface area contributed by atoms with Crippen LogP contribution < -0.4 is 5.32 Å². The van der Waals surface area contributed by atoms with E-state index in [1.165, 1.54) is 18.2 Å². The molecule has 0 bridgehead atoms. The van der Waals surface area contributed by atoms with Crippen LogP contribution in [-0.2, 0) is 14.3 Å². The van der Waals surface area contributed by atoms with Gasteiger partial charge in [0.15, 0.2) is 10.9 Å². The van der Waals surface area contributed by atoms with Gasteiger partial charge in [-0.05, 0) is 36.8 Å². The molecular weight excluding hydrogens is 387 g/mol. The monoisotopic (exact) mass is 404 g/mol. The van der Waals surface area contributed by atoms with Gasteiger partial charge in [0.25, 0.3) is 5.91 Å². The Morgan fingerprint density at radius 3 is 2.85 bits per heavy atom. The smallest absolute Gasteiger partial charge is 0.306 e. The lowest BCUT2D eigenvalue weighted by Gasteiger charge is -2.06. The first-order chi connectivity index (χ1) is 13.1. The van der Waals surface area contributed by atoms with E-state index in [9.17, 15) is 14.0 Å². The Hall–Kier alpha value is -2.45. The second kappa shape index (κ2) is 9.48. The van der Waals surface area contributed by atoms with Crippen LogP contribution in [0.4, 0.5) is 10.1 Å². The number of para-hydroxylation sites is 1. The van der Waals surface area contributed by atoms with Crippen molar-refractivity contribution >= 4 is 50.9 Å². The number of rotatable bonds is 8. The van der Waals surface area contributed by atoms with Gasteiger partial charge < -0.3 is 10.1 Å². The van der Waals surface area contributed by atoms with Gasteiger partial charge in [-0.1, -0.05) is 30.0 Å². The van der Waals surface area contributed by atoms with Crippen LogP contribution in [0.5, 0.6) is 0 Å². The third-order valence-electron chi connectivity index (χ3n) is 3.50. The molecule has 0 spiro atoms. The van der Waals surface area contributed by atoms with Crippen molar-refractivity contribution in [3.05, 3.63) is 54.3 Å². The number of ether oxygens (including phenoxy) is 1. The minimum absolute atomic E-state index is 0.227. The lowest BCUT2D eigenvalue weighted by molar-refractivity contribution is -0.147. The highest BCUT2D eigenvalue weighted by molar-refractivity contribution is 8.01. The summed E-state index contributed by atoms with van der Waals surface area (Å²) in [5.41, 5.74) is 1.30. The van der Waals surface area contributed by atoms with E-state index in [0.29, 0.717) is 12.1 Å². The number of nitrogens with one attached hydrogen (secondary N) is 1. The summed E-state index contributed by atoms with van der Waals surface area (Å²) in [5, 5.41) is 2.47. The van der Waals surface area contributed by atoms with E-state index in [-0.39, 0.29) is 13.0 Å². The molecule has 0 unspecified atom stereocenters. The molecule has 0 saturated carbocycles. The fourth-order valence-corrected chi connectivity index (χ4v) is 4.35. The van der Waals surface area contributed by atoms with Crippen molar-refractivity contribution < 1.29 is 18.7 Å². The summed E-state index contributed by atoms with van der Waals surface area (Å²) in [5.74, 6) is -0.646. The molecule has 0 fully saturated rings. The van der Waals surface area contributed by atoms with Crippen LogP contribution in [0.1, 0.15) is 12.8 Å². The van der Waals surface area contributed by atoms with Gasteiger partial charge in [0, 0.05) is 17.9 Å². The molecule has 1 aromatic heterocycles. The number of halogens is 1. The SMILES string of the molecule is O=C(COC(=O)CCCSc1nc2ccccc2s1)Nc1cccc(F)c1. The number of thiazole rings is 1. The zero-order chi connectivity index (χ0) is 19.1. The molecule has 0 radical (unpaired) electrons. The van der Waals surface area contributed by atoms with Gasteiger partial charge in [-0.3, -0.25) is 9.59 Å². The van der Waals surface area contributed by atoms with E-state index in [1.54, 1.807) is 29.2 Å². The number of hydrogen-bond acceptors (Lipinski definition) is 6. The van der Waals surface area contributed by atoms with E-state index in [4.69, 9.17) is 4.74 Å². The van der Waals surface area contributed by atoms with Gasteiger partial charge in [0.1, 0.15) is 5.82 Å². The van der Waals surface area contributed by atoms with Crippen LogP contribution in [0, 0.1) is 5.82 Å². The molecule has 3 rings (SSSR count). The van der Waals surface area contributed by atoms with Crippen molar-refractivity contribution in [3.63, 3.8) is 0 Å². The average molecular weight is 404 g/mol. The van der Waals surface area contributed by atoms with Crippen molar-refractivity contribution in [3.8, 4) is 0 Å². The number of fused-ring (bicyclic) bond motifs is 1. The van der Waals surface area contributed by atoms with E-state index in [0.717, 1.165) is 20.3 Å². The molecule has 1 amide bonds. The first kappa shape index (κ1) is 19.3. The third-order valence-corrected chi connectivity index (χ3v) is 5.76. The van der Waals surface area contributed by atoms with Crippen LogP contribution >= 0.6 is 23.1 Å². The van der Waals surface area contributed by atoms with Gasteiger partial charge in [0.05, 0.1) is 10.2 Å². The second-order valence-electron chi connectivity index (χ2n) is 5.62. The zero-order valence-electron chi connectivity index (χ0n) is 14.3. The molecule has 0 aliphatic heterocycles. The number of nitrogens with zero attached hydrogens (tertiary/aromatic N) is 1. The number of hydrogen-bond donors (Lipinski definition) is 1. The highest BCUT2D eigenvalue weighted by atomic mass is 32.2. The first-order valence-electron chi connectivity index (χ1n) is 8.29. The van der Waals surface area contributed by atoms with Gasteiger partial charge in [-0.2, -0.15) is 0 Å². The average Bonchev–Trinajstić information content (AvgIpc) is 3.06. The third kappa shape index (κ3) is 6.04. The fraction of sp³-hybridized carbons (Fsp3) is 0.211. The van der Waals surface area contributed by atoms with Gasteiger partial charge >= 0.3 is 5.97 Å². The number of benzene rings is 2. The number of esters is 1. The van der Waals surface area contributed by atoms with Crippen molar-refractivity contribution in [1.29, 1.82) is 0 Å². The van der Waals surface area contributed by atoms with Crippen LogP contribution in [0.2, 0.25) is 0 Å². The molecule has 1 heterocycles. The molecule has 3 aromatic rings. The quantitative estimate of drug-likeness (QED) is 0.340. The molecule has 1 N–H and O–H groups in total. The summed E-state index contributed by atoms with van der Waals surface area (Å²) in [7, 11) is 0. The highest BCUT2D eigenvalue weighted by Gasteiger charge is 2.09. The number of thioether (sulfide) groups is 1. The largest absolute Gasteiger partial charge is 0.456 e. The molecule has 140 valence electrons. The molecule has 0 aliphatic rings. The standard InChI is InChI=1S/C19H17FN2O3S2/c20-13-5-3-6-14(11-13)21-17(23)12-25-18(24)9-4-10-26-19-22-15-7-1-2-8-16(15)27-19/h1-3,5-8,11H,4,9-10,12H2,(H,21,23). The Balaban J connectivity index is 1.33. The maximum atomic E-state index is 13.0. The molecule has 0 atom stereocenters. The fourth-order valence-electron chi connectivity index (χ4n) is 2.27. The van der Waals surface area contributed by atoms with Crippen LogP contribution in [0.3, 0.4) is 0 Å². The van der Waals surface area contributed by atoms with Gasteiger partial charge in [-0.15, -0.1) is 11.3 Å². The number of aromatic nitrogens is 1. The number of carbonyl (C=O) groups excluding carboxylic acids is 2. The Bertz CT molecular complexity index is 912. The molecule has 0 aliphatic carbocycles. The molecule has 27 heavy (non-hydrogen) atoms. The zero-order valence-corrected chi connectivity index (χ0v) is 15.9. The minimum atomic E-state index is -0.502. The van der Waals surface area contributed by atoms with Crippen LogP contribution in [0.15, 0.2) is 52.9 Å². The summed E-state index contributed by atoms with van der Waals surface area (Å²) in [6.45, 7) is -0.389. The van der Waals surface area contributed by atoms with E-state index in [1.807, 2.05) is 24.3 Å². The second-order valence-corrected chi connectivity index (χ2v) is 7.99. The number of carbonyl (C=O) groups is 2. The van der Waals surface area contributed by atoms with Crippen molar-refractivity contribution in [1.82, 2.24) is 4.98 Å². The topological polar surface area (TPSA) is 68.3 Å². The Morgan fingerprint density at radius 2 is 2.04 bits per heavy atom. The van der Waals surface area contributed by atoms with E-state index < -0.39 is 17.7 Å². The summed E-state index contributed by atoms with van der Waals surface area (Å²) >= 11 is 3.23. The van der Waals surface area contributed by atoms with Gasteiger partial charge in [-0.25, -0.2) is 9.37 Å². The van der Waals surface area contributed by atoms with Crippen molar-refractivity contribution in [2.24, 2.45) is 0 Å². The normalized spacial score (nSPS) is 10.7. The Morgan fingerprint density at radius 1 is 1.19 bits per heavy atom. The Labute approximate surface area is 163 Å². The van der Waals surface area contributed by atoms with Crippen molar-refractivity contribution in [2.75, 3.05) is 17.7 Å². The maximum Gasteiger partial charge on any atom is 0.306 e. The van der Waals surface area contributed by atoms with E-state index >= 15 is 0 Å². The molecule has 8 heteroatoms. The van der Waals surface area contributed by atoms with Crippen LogP contribution in [-0.4, -0.2) is 29.2 Å². The molecule has 2 aromatic carbocycles. The minimum Gasteiger partial charge on any atom is -0.456 e. The van der Waals surface area contributed by atoms with Crippen LogP contribution in [0.25, 0.3) is 10.2 Å². The highest BCUT2D eigenvalue weighted by Crippen LogP contribution is 2.29. The van der Waals surface area contributed by atoms with Crippen molar-refractivity contribution in [2.45, 2.75) is 17.2 Å². The summed E-state index contributed by atoms with van der Waals surface area (Å²) in [6, 6.07) is 13.5. The molecule has 0 saturated heterocycles. The first-order valence-corrected chi connectivity index (χ1v) is 10.1. The van der Waals surface area contributed by atoms with E-state index in [2.05, 4.69) is 10.3 Å². The Kier molecular flexibility index (Phi) is 6.78. The summed E-state index contributed by atoms with van der Waals surface area (Å²) < 4.78 is 20.1. The molecule has 5 nitrogen and oxygen atoms in total. The summed E-state index contributed by atoms with van der Waals surface area (Å²) in [6.07, 6.45) is 0.857.